The lowest BCUT2D eigenvalue weighted by atomic mass is 10.1. The standard InChI is InChI=1S/C19H19F3N6O2/c1-27-19(29)16-13(9-14(24-25-16)28-5-7-30-8-6-28)18(26-27)23-10-11-3-2-4-12(15(11)20)17(21)22/h2-4,9,17H,5-8,10H2,1H3,(H,23,26). The molecular formula is C19H19F3N6O2. The smallest absolute Gasteiger partial charge is 0.295 e. The van der Waals surface area contributed by atoms with Crippen LogP contribution in [0.15, 0.2) is 29.1 Å². The summed E-state index contributed by atoms with van der Waals surface area (Å²) in [6, 6.07) is 5.52. The Morgan fingerprint density at radius 3 is 2.73 bits per heavy atom. The molecule has 0 unspecified atom stereocenters. The van der Waals surface area contributed by atoms with E-state index >= 15 is 0 Å². The summed E-state index contributed by atoms with van der Waals surface area (Å²) in [7, 11) is 1.46. The number of anilines is 2. The summed E-state index contributed by atoms with van der Waals surface area (Å²) in [6.07, 6.45) is -2.91. The van der Waals surface area contributed by atoms with Crippen LogP contribution in [-0.2, 0) is 18.3 Å². The zero-order chi connectivity index (χ0) is 21.3. The number of aryl methyl sites for hydroxylation is 1. The molecule has 1 aliphatic heterocycles. The van der Waals surface area contributed by atoms with E-state index in [4.69, 9.17) is 4.74 Å². The molecule has 1 N–H and O–H groups in total. The van der Waals surface area contributed by atoms with E-state index in [9.17, 15) is 18.0 Å². The molecule has 1 aliphatic rings. The van der Waals surface area contributed by atoms with Gasteiger partial charge in [-0.05, 0) is 6.07 Å². The van der Waals surface area contributed by atoms with Gasteiger partial charge < -0.3 is 15.0 Å². The molecule has 8 nitrogen and oxygen atoms in total. The van der Waals surface area contributed by atoms with E-state index in [-0.39, 0.29) is 23.4 Å². The molecule has 4 rings (SSSR count). The second-order valence-electron chi connectivity index (χ2n) is 6.82. The number of morpholine rings is 1. The Kier molecular flexibility index (Phi) is 5.53. The number of rotatable bonds is 5. The van der Waals surface area contributed by atoms with Crippen LogP contribution in [-0.4, -0.2) is 46.3 Å². The monoisotopic (exact) mass is 420 g/mol. The molecule has 2 aromatic heterocycles. The van der Waals surface area contributed by atoms with Crippen LogP contribution in [0.1, 0.15) is 17.6 Å². The normalized spacial score (nSPS) is 14.5. The maximum atomic E-state index is 14.4. The number of hydrogen-bond acceptors (Lipinski definition) is 7. The van der Waals surface area contributed by atoms with E-state index in [1.165, 1.54) is 19.2 Å². The minimum atomic E-state index is -2.91. The summed E-state index contributed by atoms with van der Waals surface area (Å²) in [6.45, 7) is 2.28. The predicted molar refractivity (Wildman–Crippen MR) is 104 cm³/mol. The molecule has 0 saturated carbocycles. The van der Waals surface area contributed by atoms with Crippen molar-refractivity contribution in [2.24, 2.45) is 7.05 Å². The van der Waals surface area contributed by atoms with E-state index < -0.39 is 23.4 Å². The van der Waals surface area contributed by atoms with Gasteiger partial charge in [0.25, 0.3) is 12.0 Å². The van der Waals surface area contributed by atoms with E-state index in [0.29, 0.717) is 37.5 Å². The van der Waals surface area contributed by atoms with Crippen LogP contribution in [0.2, 0.25) is 0 Å². The summed E-state index contributed by atoms with van der Waals surface area (Å²) >= 11 is 0. The highest BCUT2D eigenvalue weighted by Crippen LogP contribution is 2.26. The van der Waals surface area contributed by atoms with Gasteiger partial charge in [-0.3, -0.25) is 4.79 Å². The topological polar surface area (TPSA) is 85.2 Å². The van der Waals surface area contributed by atoms with Gasteiger partial charge in [0.1, 0.15) is 5.82 Å². The van der Waals surface area contributed by atoms with Gasteiger partial charge in [-0.15, -0.1) is 10.2 Å². The Balaban J connectivity index is 1.70. The van der Waals surface area contributed by atoms with Crippen molar-refractivity contribution in [1.82, 2.24) is 20.0 Å². The van der Waals surface area contributed by atoms with Crippen molar-refractivity contribution < 1.29 is 17.9 Å². The van der Waals surface area contributed by atoms with E-state index in [0.717, 1.165) is 10.7 Å². The van der Waals surface area contributed by atoms with Gasteiger partial charge >= 0.3 is 0 Å². The summed E-state index contributed by atoms with van der Waals surface area (Å²) < 4.78 is 46.7. The Bertz CT molecular complexity index is 1130. The predicted octanol–water partition coefficient (Wildman–Crippen LogP) is 2.25. The van der Waals surface area contributed by atoms with Gasteiger partial charge in [-0.1, -0.05) is 18.2 Å². The first-order valence-corrected chi connectivity index (χ1v) is 9.32. The molecular weight excluding hydrogens is 401 g/mol. The maximum absolute atomic E-state index is 14.4. The SMILES string of the molecule is Cn1nc(NCc2cccc(C(F)F)c2F)c2cc(N3CCOCC3)nnc2c1=O. The fourth-order valence-electron chi connectivity index (χ4n) is 3.28. The van der Waals surface area contributed by atoms with Crippen LogP contribution in [0.4, 0.5) is 24.8 Å². The molecule has 0 bridgehead atoms. The highest BCUT2D eigenvalue weighted by molar-refractivity contribution is 5.89. The Hall–Kier alpha value is -3.21. The fourth-order valence-corrected chi connectivity index (χ4v) is 3.28. The number of fused-ring (bicyclic) bond motifs is 1. The van der Waals surface area contributed by atoms with Crippen molar-refractivity contribution in [2.75, 3.05) is 36.5 Å². The first-order chi connectivity index (χ1) is 14.5. The molecule has 3 heterocycles. The van der Waals surface area contributed by atoms with E-state index in [1.54, 1.807) is 6.07 Å². The summed E-state index contributed by atoms with van der Waals surface area (Å²) in [5, 5.41) is 15.8. The number of alkyl halides is 2. The number of hydrogen-bond donors (Lipinski definition) is 1. The number of aromatic nitrogens is 4. The molecule has 0 radical (unpaired) electrons. The molecule has 0 aliphatic carbocycles. The number of nitrogens with one attached hydrogen (secondary N) is 1. The van der Waals surface area contributed by atoms with Crippen molar-refractivity contribution in [1.29, 1.82) is 0 Å². The molecule has 11 heteroatoms. The summed E-state index contributed by atoms with van der Waals surface area (Å²) in [5.41, 5.74) is -0.920. The molecule has 0 amide bonds. The van der Waals surface area contributed by atoms with Crippen LogP contribution in [0.5, 0.6) is 0 Å². The van der Waals surface area contributed by atoms with E-state index in [1.807, 2.05) is 4.90 Å². The highest BCUT2D eigenvalue weighted by atomic mass is 19.3. The molecule has 30 heavy (non-hydrogen) atoms. The van der Waals surface area contributed by atoms with Gasteiger partial charge in [-0.2, -0.15) is 5.10 Å². The minimum Gasteiger partial charge on any atom is -0.378 e. The fraction of sp³-hybridized carbons (Fsp3) is 0.368. The van der Waals surface area contributed by atoms with Gasteiger partial charge in [0, 0.05) is 32.2 Å². The van der Waals surface area contributed by atoms with Gasteiger partial charge in [0.05, 0.1) is 24.2 Å². The lowest BCUT2D eigenvalue weighted by molar-refractivity contribution is 0.122. The maximum Gasteiger partial charge on any atom is 0.295 e. The van der Waals surface area contributed by atoms with Crippen molar-refractivity contribution in [3.8, 4) is 0 Å². The van der Waals surface area contributed by atoms with Crippen LogP contribution >= 0.6 is 0 Å². The third-order valence-corrected chi connectivity index (χ3v) is 4.91. The van der Waals surface area contributed by atoms with Crippen molar-refractivity contribution in [3.05, 3.63) is 51.6 Å². The highest BCUT2D eigenvalue weighted by Gasteiger charge is 2.19. The first kappa shape index (κ1) is 20.1. The lowest BCUT2D eigenvalue weighted by Crippen LogP contribution is -2.37. The molecule has 158 valence electrons. The Morgan fingerprint density at radius 2 is 2.00 bits per heavy atom. The molecule has 1 fully saturated rings. The average molecular weight is 420 g/mol. The average Bonchev–Trinajstić information content (AvgIpc) is 2.76. The van der Waals surface area contributed by atoms with Crippen molar-refractivity contribution in [2.45, 2.75) is 13.0 Å². The van der Waals surface area contributed by atoms with Crippen LogP contribution in [0.25, 0.3) is 10.9 Å². The quantitative estimate of drug-likeness (QED) is 0.678. The molecule has 1 aromatic carbocycles. The molecule has 0 atom stereocenters. The second-order valence-corrected chi connectivity index (χ2v) is 6.82. The number of halogens is 3. The van der Waals surface area contributed by atoms with Crippen LogP contribution in [0.3, 0.4) is 0 Å². The number of ether oxygens (including phenoxy) is 1. The number of benzene rings is 1. The molecule has 0 spiro atoms. The van der Waals surface area contributed by atoms with Crippen LogP contribution in [0, 0.1) is 5.82 Å². The molecule has 1 saturated heterocycles. The van der Waals surface area contributed by atoms with Crippen molar-refractivity contribution >= 4 is 22.5 Å². The largest absolute Gasteiger partial charge is 0.378 e. The lowest BCUT2D eigenvalue weighted by Gasteiger charge is -2.27. The van der Waals surface area contributed by atoms with Crippen LogP contribution < -0.4 is 15.8 Å². The first-order valence-electron chi connectivity index (χ1n) is 9.32. The Morgan fingerprint density at radius 1 is 1.23 bits per heavy atom. The zero-order valence-corrected chi connectivity index (χ0v) is 16.1. The van der Waals surface area contributed by atoms with Gasteiger partial charge in [0.15, 0.2) is 17.2 Å². The zero-order valence-electron chi connectivity index (χ0n) is 16.1. The van der Waals surface area contributed by atoms with Crippen molar-refractivity contribution in [3.63, 3.8) is 0 Å². The Labute approximate surface area is 169 Å². The third-order valence-electron chi connectivity index (χ3n) is 4.91. The van der Waals surface area contributed by atoms with Gasteiger partial charge in [0.2, 0.25) is 0 Å². The summed E-state index contributed by atoms with van der Waals surface area (Å²) in [5.74, 6) is -0.129. The molecule has 3 aromatic rings. The van der Waals surface area contributed by atoms with Gasteiger partial charge in [-0.25, -0.2) is 17.9 Å². The summed E-state index contributed by atoms with van der Waals surface area (Å²) in [4.78, 5) is 14.4. The minimum absolute atomic E-state index is 0.0621. The number of nitrogens with zero attached hydrogens (tertiary/aromatic N) is 5. The second kappa shape index (κ2) is 8.27. The van der Waals surface area contributed by atoms with E-state index in [2.05, 4.69) is 20.6 Å². The third kappa shape index (κ3) is 3.80.